The first kappa shape index (κ1) is 16.7. The SMILES string of the molecule is CC1[C@@H](C)[C@H](NCc2ccc(-c3ccccc3)s2)CCC1(C)C.[HH]. The van der Waals surface area contributed by atoms with Crippen LogP contribution in [0.3, 0.4) is 0 Å². The second-order valence-corrected chi connectivity index (χ2v) is 8.96. The molecule has 0 radical (unpaired) electrons. The van der Waals surface area contributed by atoms with E-state index < -0.39 is 0 Å². The standard InChI is InChI=1S/C21H29NS.H2/c1-15-16(2)21(3,4)13-12-19(15)22-14-18-10-11-20(23-18)17-8-6-5-7-9-17;/h5-11,15-16,19,22H,12-14H2,1-4H3;1H/t15-,16?,19-;/m1./s1. The number of benzene rings is 1. The molecular weight excluding hydrogens is 298 g/mol. The van der Waals surface area contributed by atoms with Gasteiger partial charge in [-0.3, -0.25) is 0 Å². The van der Waals surface area contributed by atoms with Crippen molar-refractivity contribution in [3.63, 3.8) is 0 Å². The van der Waals surface area contributed by atoms with E-state index in [1.165, 1.54) is 28.2 Å². The third-order valence-corrected chi connectivity index (χ3v) is 7.15. The summed E-state index contributed by atoms with van der Waals surface area (Å²) in [5.41, 5.74) is 1.81. The topological polar surface area (TPSA) is 12.0 Å². The lowest BCUT2D eigenvalue weighted by Crippen LogP contribution is -2.46. The molecule has 1 saturated carbocycles. The van der Waals surface area contributed by atoms with Crippen LogP contribution in [0.1, 0.15) is 46.8 Å². The molecule has 23 heavy (non-hydrogen) atoms. The van der Waals surface area contributed by atoms with Crippen molar-refractivity contribution in [1.82, 2.24) is 5.32 Å². The average molecular weight is 330 g/mol. The van der Waals surface area contributed by atoms with Gasteiger partial charge in [0.15, 0.2) is 0 Å². The summed E-state index contributed by atoms with van der Waals surface area (Å²) in [6.07, 6.45) is 2.63. The maximum Gasteiger partial charge on any atom is 0.0346 e. The molecule has 1 heterocycles. The van der Waals surface area contributed by atoms with Gasteiger partial charge in [0, 0.05) is 23.8 Å². The Hall–Kier alpha value is -1.12. The fourth-order valence-electron chi connectivity index (χ4n) is 3.83. The predicted molar refractivity (Wildman–Crippen MR) is 104 cm³/mol. The normalized spacial score (nSPS) is 27.0. The van der Waals surface area contributed by atoms with Crippen molar-refractivity contribution < 1.29 is 1.43 Å². The van der Waals surface area contributed by atoms with Crippen molar-refractivity contribution in [2.75, 3.05) is 0 Å². The van der Waals surface area contributed by atoms with E-state index in [1.807, 2.05) is 11.3 Å². The Morgan fingerprint density at radius 2 is 1.87 bits per heavy atom. The fourth-order valence-corrected chi connectivity index (χ4v) is 4.79. The van der Waals surface area contributed by atoms with Crippen LogP contribution in [-0.2, 0) is 6.54 Å². The summed E-state index contributed by atoms with van der Waals surface area (Å²) in [7, 11) is 0. The summed E-state index contributed by atoms with van der Waals surface area (Å²) in [4.78, 5) is 2.81. The predicted octanol–water partition coefficient (Wildman–Crippen LogP) is 6.21. The van der Waals surface area contributed by atoms with Gasteiger partial charge in [0.25, 0.3) is 0 Å². The summed E-state index contributed by atoms with van der Waals surface area (Å²) >= 11 is 1.91. The van der Waals surface area contributed by atoms with Crippen LogP contribution < -0.4 is 5.32 Å². The Balaban J connectivity index is 0.00000208. The monoisotopic (exact) mass is 329 g/mol. The molecule has 2 heteroatoms. The van der Waals surface area contributed by atoms with E-state index in [4.69, 9.17) is 0 Å². The molecule has 3 rings (SSSR count). The van der Waals surface area contributed by atoms with Crippen molar-refractivity contribution in [2.45, 2.75) is 53.1 Å². The third kappa shape index (κ3) is 3.70. The van der Waals surface area contributed by atoms with Crippen LogP contribution in [0, 0.1) is 17.3 Å². The van der Waals surface area contributed by atoms with Crippen LogP contribution in [0.25, 0.3) is 10.4 Å². The molecule has 1 aliphatic rings. The van der Waals surface area contributed by atoms with Crippen LogP contribution in [0.2, 0.25) is 0 Å². The van der Waals surface area contributed by atoms with Gasteiger partial charge in [-0.1, -0.05) is 58.0 Å². The van der Waals surface area contributed by atoms with E-state index in [2.05, 4.69) is 75.5 Å². The fraction of sp³-hybridized carbons (Fsp3) is 0.524. The number of thiophene rings is 1. The van der Waals surface area contributed by atoms with Crippen molar-refractivity contribution in [1.29, 1.82) is 0 Å². The van der Waals surface area contributed by atoms with Crippen LogP contribution in [0.5, 0.6) is 0 Å². The number of hydrogen-bond acceptors (Lipinski definition) is 2. The van der Waals surface area contributed by atoms with Gasteiger partial charge in [-0.05, 0) is 47.8 Å². The first-order chi connectivity index (χ1) is 11.0. The van der Waals surface area contributed by atoms with Crippen LogP contribution >= 0.6 is 11.3 Å². The highest BCUT2D eigenvalue weighted by Crippen LogP contribution is 2.43. The Labute approximate surface area is 146 Å². The summed E-state index contributed by atoms with van der Waals surface area (Å²) < 4.78 is 0. The van der Waals surface area contributed by atoms with E-state index in [1.54, 1.807) is 0 Å². The summed E-state index contributed by atoms with van der Waals surface area (Å²) in [5, 5.41) is 3.83. The Morgan fingerprint density at radius 3 is 2.61 bits per heavy atom. The van der Waals surface area contributed by atoms with Crippen molar-refractivity contribution in [2.24, 2.45) is 17.3 Å². The maximum atomic E-state index is 3.83. The molecule has 1 aromatic heterocycles. The lowest BCUT2D eigenvalue weighted by molar-refractivity contribution is 0.0685. The number of rotatable bonds is 4. The minimum atomic E-state index is 0. The summed E-state index contributed by atoms with van der Waals surface area (Å²) in [6, 6.07) is 15.9. The lowest BCUT2D eigenvalue weighted by atomic mass is 9.63. The zero-order chi connectivity index (χ0) is 16.4. The Morgan fingerprint density at radius 1 is 1.13 bits per heavy atom. The zero-order valence-corrected chi connectivity index (χ0v) is 15.6. The van der Waals surface area contributed by atoms with E-state index in [9.17, 15) is 0 Å². The maximum absolute atomic E-state index is 3.83. The first-order valence-corrected chi connectivity index (χ1v) is 9.66. The first-order valence-electron chi connectivity index (χ1n) is 8.85. The molecule has 2 aromatic rings. The quantitative estimate of drug-likeness (QED) is 0.703. The van der Waals surface area contributed by atoms with Gasteiger partial charge in [-0.25, -0.2) is 0 Å². The van der Waals surface area contributed by atoms with Gasteiger partial charge in [-0.2, -0.15) is 0 Å². The minimum absolute atomic E-state index is 0. The van der Waals surface area contributed by atoms with Crippen molar-refractivity contribution in [3.8, 4) is 10.4 Å². The average Bonchev–Trinajstić information content (AvgIpc) is 3.02. The second-order valence-electron chi connectivity index (χ2n) is 7.79. The molecule has 0 bridgehead atoms. The van der Waals surface area contributed by atoms with E-state index in [0.717, 1.165) is 18.4 Å². The molecule has 0 spiro atoms. The highest BCUT2D eigenvalue weighted by molar-refractivity contribution is 7.15. The minimum Gasteiger partial charge on any atom is -0.309 e. The highest BCUT2D eigenvalue weighted by Gasteiger charge is 2.38. The third-order valence-electron chi connectivity index (χ3n) is 6.01. The molecule has 1 fully saturated rings. The van der Waals surface area contributed by atoms with Gasteiger partial charge in [-0.15, -0.1) is 11.3 Å². The van der Waals surface area contributed by atoms with Crippen LogP contribution in [-0.4, -0.2) is 6.04 Å². The van der Waals surface area contributed by atoms with Crippen LogP contribution in [0.4, 0.5) is 0 Å². The molecule has 1 unspecified atom stereocenters. The second kappa shape index (κ2) is 6.78. The number of nitrogens with one attached hydrogen (secondary N) is 1. The molecule has 1 aromatic carbocycles. The Bertz CT molecular complexity index is 634. The van der Waals surface area contributed by atoms with Crippen LogP contribution in [0.15, 0.2) is 42.5 Å². The summed E-state index contributed by atoms with van der Waals surface area (Å²) in [6.45, 7) is 10.7. The molecule has 1 nitrogen and oxygen atoms in total. The zero-order valence-electron chi connectivity index (χ0n) is 14.8. The Kier molecular flexibility index (Phi) is 4.93. The van der Waals surface area contributed by atoms with Gasteiger partial charge >= 0.3 is 0 Å². The van der Waals surface area contributed by atoms with Gasteiger partial charge in [0.2, 0.25) is 0 Å². The van der Waals surface area contributed by atoms with E-state index >= 15 is 0 Å². The summed E-state index contributed by atoms with van der Waals surface area (Å²) in [5.74, 6) is 1.52. The van der Waals surface area contributed by atoms with Crippen molar-refractivity contribution >= 4 is 11.3 Å². The molecule has 1 N–H and O–H groups in total. The molecule has 0 saturated heterocycles. The molecule has 126 valence electrons. The van der Waals surface area contributed by atoms with Gasteiger partial charge in [0.05, 0.1) is 0 Å². The molecule has 3 atom stereocenters. The lowest BCUT2D eigenvalue weighted by Gasteiger charge is -2.45. The number of hydrogen-bond donors (Lipinski definition) is 1. The molecule has 0 amide bonds. The molecule has 0 aliphatic heterocycles. The molecular formula is C21H31NS. The van der Waals surface area contributed by atoms with E-state index in [0.29, 0.717) is 11.5 Å². The molecule has 1 aliphatic carbocycles. The van der Waals surface area contributed by atoms with Gasteiger partial charge < -0.3 is 5.32 Å². The highest BCUT2D eigenvalue weighted by atomic mass is 32.1. The van der Waals surface area contributed by atoms with Crippen molar-refractivity contribution in [3.05, 3.63) is 47.3 Å². The smallest absolute Gasteiger partial charge is 0.0346 e. The van der Waals surface area contributed by atoms with E-state index in [-0.39, 0.29) is 1.43 Å². The van der Waals surface area contributed by atoms with Gasteiger partial charge in [0.1, 0.15) is 0 Å². The largest absolute Gasteiger partial charge is 0.309 e.